The van der Waals surface area contributed by atoms with Gasteiger partial charge in [-0.15, -0.1) is 0 Å². The van der Waals surface area contributed by atoms with Crippen molar-refractivity contribution in [3.63, 3.8) is 0 Å². The van der Waals surface area contributed by atoms with Crippen molar-refractivity contribution in [1.29, 1.82) is 15.8 Å². The molecule has 0 amide bonds. The predicted octanol–water partition coefficient (Wildman–Crippen LogP) is 7.70. The van der Waals surface area contributed by atoms with E-state index >= 15 is 0 Å². The van der Waals surface area contributed by atoms with Gasteiger partial charge < -0.3 is 19.7 Å². The van der Waals surface area contributed by atoms with Gasteiger partial charge in [-0.1, -0.05) is 40.0 Å². The van der Waals surface area contributed by atoms with Crippen LogP contribution in [0, 0.1) is 34.0 Å². The number of hydrogen-bond donors (Lipinski definition) is 0. The van der Waals surface area contributed by atoms with Crippen LogP contribution in [0.5, 0.6) is 0 Å². The van der Waals surface area contributed by atoms with Gasteiger partial charge in [-0.25, -0.2) is 0 Å². The van der Waals surface area contributed by atoms with Crippen LogP contribution in [0.4, 0.5) is 0 Å². The van der Waals surface area contributed by atoms with Crippen molar-refractivity contribution in [2.75, 3.05) is 39.6 Å². The minimum absolute atomic E-state index is 0. The molecule has 0 saturated carbocycles. The molecule has 0 spiro atoms. The molecule has 17 heteroatoms. The molecule has 0 atom stereocenters. The average molecular weight is 1080 g/mol. The molecular weight excluding hydrogens is 1040 g/mol. The summed E-state index contributed by atoms with van der Waals surface area (Å²) in [7, 11) is 29.8. The molecule has 0 aromatic rings. The number of nitriles is 3. The van der Waals surface area contributed by atoms with Crippen LogP contribution in [0.2, 0.25) is 0 Å². The summed E-state index contributed by atoms with van der Waals surface area (Å²) >= 11 is -1.03. The van der Waals surface area contributed by atoms with Gasteiger partial charge in [-0.05, 0) is 19.3 Å². The molecule has 0 rings (SSSR count). The molecule has 0 aliphatic heterocycles. The van der Waals surface area contributed by atoms with Crippen molar-refractivity contribution in [1.82, 2.24) is 0 Å². The molecule has 0 aliphatic rings. The summed E-state index contributed by atoms with van der Waals surface area (Å²) in [6.07, 6.45) is 8.34. The second kappa shape index (κ2) is 64.6. The van der Waals surface area contributed by atoms with Crippen LogP contribution in [-0.4, -0.2) is 108 Å². The number of nitrogens with zero attached hydrogens (tertiary/aromatic N) is 3. The van der Waals surface area contributed by atoms with Gasteiger partial charge in [-0.3, -0.25) is 0 Å². The predicted molar refractivity (Wildman–Crippen MR) is 158 cm³/mol. The number of unbranched alkanes of at least 4 members (excludes halogenated alkanes) is 3. The zero-order valence-electron chi connectivity index (χ0n) is 23.1. The van der Waals surface area contributed by atoms with Crippen LogP contribution in [0.3, 0.4) is 0 Å². The quantitative estimate of drug-likeness (QED) is 0.122. The van der Waals surface area contributed by atoms with Gasteiger partial charge >= 0.3 is 148 Å². The Labute approximate surface area is 312 Å². The van der Waals surface area contributed by atoms with E-state index in [1.54, 1.807) is 0 Å². The summed E-state index contributed by atoms with van der Waals surface area (Å²) in [6.45, 7) is 10.5. The first-order chi connectivity index (χ1) is 17.7. The number of ether oxygens (including phenoxy) is 3. The normalized spacial score (nSPS) is 9.11. The Morgan fingerprint density at radius 3 is 0.921 bits per heavy atom. The second-order valence-electron chi connectivity index (χ2n) is 5.94. The summed E-state index contributed by atoms with van der Waals surface area (Å²) in [4.78, 5) is 0. The maximum atomic E-state index is 8.09. The number of hydrogen-bond acceptors (Lipinski definition) is 6. The van der Waals surface area contributed by atoms with Crippen LogP contribution in [0.15, 0.2) is 0 Å². The van der Waals surface area contributed by atoms with Gasteiger partial charge in [0.05, 0.1) is 57.3 Å². The van der Waals surface area contributed by atoms with Gasteiger partial charge in [0.25, 0.3) is 0 Å². The third-order valence-corrected chi connectivity index (χ3v) is 3.00. The summed E-state index contributed by atoms with van der Waals surface area (Å²) in [5.74, 6) is 0. The van der Waals surface area contributed by atoms with Gasteiger partial charge in [0.1, 0.15) is 0 Å². The molecule has 228 valence electrons. The Balaban J connectivity index is -0.0000000641. The SMILES string of the molecule is CCCCOCCC#N.CCCCOCCC#N.CCCCOCCC#N.O.[Cl][Pt]([Cl])([Cl])[Cl].[Cl][Pt][Cl].[K][K]. The number of rotatable bonds is 15. The summed E-state index contributed by atoms with van der Waals surface area (Å²) < 4.78 is 15.3. The van der Waals surface area contributed by atoms with Crippen LogP contribution in [-0.2, 0) is 42.6 Å². The molecule has 0 bridgehead atoms. The molecule has 0 unspecified atom stereocenters. The third-order valence-electron chi connectivity index (χ3n) is 3.00. The van der Waals surface area contributed by atoms with Crippen molar-refractivity contribution >= 4 is 120 Å². The van der Waals surface area contributed by atoms with E-state index in [9.17, 15) is 0 Å². The van der Waals surface area contributed by atoms with Crippen molar-refractivity contribution in [3.05, 3.63) is 0 Å². The Bertz CT molecular complexity index is 440. The van der Waals surface area contributed by atoms with E-state index in [4.69, 9.17) is 86.5 Å². The zero-order valence-corrected chi connectivity index (χ0v) is 38.4. The fourth-order valence-electron chi connectivity index (χ4n) is 1.40. The van der Waals surface area contributed by atoms with Crippen molar-refractivity contribution in [3.8, 4) is 18.2 Å². The van der Waals surface area contributed by atoms with E-state index in [-0.39, 0.29) is 5.48 Å². The standard InChI is InChI=1S/3C7H13NO.6ClH.2K.H2O.2Pt/c3*1-2-3-6-9-7-4-5-8;;;;;;;;;;;/h3*2-4,6-7H2,1H3;6*1H;;;1H2;;/q;;;;;;;;;;;;+2;+4/p-6. The van der Waals surface area contributed by atoms with Crippen molar-refractivity contribution in [2.45, 2.75) is 78.6 Å². The Hall–Kier alpha value is 4.70. The molecule has 0 saturated heterocycles. The fourth-order valence-corrected chi connectivity index (χ4v) is 1.40. The fraction of sp³-hybridized carbons (Fsp3) is 0.857. The first kappa shape index (κ1) is 58.3. The van der Waals surface area contributed by atoms with Gasteiger partial charge in [0, 0.05) is 19.8 Å². The maximum absolute atomic E-state index is 8.09. The molecule has 0 heterocycles. The van der Waals surface area contributed by atoms with E-state index in [2.05, 4.69) is 20.8 Å². The van der Waals surface area contributed by atoms with Gasteiger partial charge in [0.15, 0.2) is 0 Å². The molecule has 0 fully saturated rings. The first-order valence-electron chi connectivity index (χ1n) is 11.8. The topological polar surface area (TPSA) is 131 Å². The monoisotopic (exact) mass is 1080 g/mol. The first-order valence-corrected chi connectivity index (χ1v) is 44.7. The number of halogens is 6. The third kappa shape index (κ3) is 124. The Morgan fingerprint density at radius 1 is 0.605 bits per heavy atom. The average Bonchev–Trinajstić information content (AvgIpc) is 2.85. The van der Waals surface area contributed by atoms with Gasteiger partial charge in [-0.2, -0.15) is 15.8 Å². The van der Waals surface area contributed by atoms with E-state index in [0.29, 0.717) is 39.1 Å². The van der Waals surface area contributed by atoms with E-state index in [1.165, 1.54) is 63.2 Å². The molecule has 0 aromatic carbocycles. The molecule has 7 nitrogen and oxygen atoms in total. The molecular formula is C21H41Cl6K2N3O4Pt2. The van der Waals surface area contributed by atoms with Crippen molar-refractivity contribution in [2.24, 2.45) is 0 Å². The van der Waals surface area contributed by atoms with Crippen LogP contribution in [0.1, 0.15) is 78.6 Å². The minimum atomic E-state index is -3.06. The molecule has 38 heavy (non-hydrogen) atoms. The zero-order chi connectivity index (χ0) is 30.1. The summed E-state index contributed by atoms with van der Waals surface area (Å²) in [6, 6.07) is 6.06. The molecule has 0 radical (unpaired) electrons. The second-order valence-corrected chi connectivity index (χ2v) is 28.9. The van der Waals surface area contributed by atoms with Crippen LogP contribution >= 0.6 is 56.5 Å². The summed E-state index contributed by atoms with van der Waals surface area (Å²) in [5.41, 5.74) is 0. The Kier molecular flexibility index (Phi) is 99.0. The van der Waals surface area contributed by atoms with Crippen molar-refractivity contribution < 1.29 is 48.1 Å². The molecule has 2 N–H and O–H groups in total. The molecule has 0 aliphatic carbocycles. The van der Waals surface area contributed by atoms with E-state index in [1.807, 2.05) is 18.2 Å². The van der Waals surface area contributed by atoms with E-state index < -0.39 is 28.4 Å². The molecule has 0 aromatic heterocycles. The Morgan fingerprint density at radius 2 is 0.789 bits per heavy atom. The van der Waals surface area contributed by atoms with E-state index in [0.717, 1.165) is 58.3 Å². The van der Waals surface area contributed by atoms with Gasteiger partial charge in [0.2, 0.25) is 0 Å². The van der Waals surface area contributed by atoms with Crippen LogP contribution < -0.4 is 0 Å². The van der Waals surface area contributed by atoms with Crippen LogP contribution in [0.25, 0.3) is 0 Å². The summed E-state index contributed by atoms with van der Waals surface area (Å²) in [5, 5.41) is 24.3.